The normalized spacial score (nSPS) is 10.9. The van der Waals surface area contributed by atoms with Crippen LogP contribution in [0.2, 0.25) is 0 Å². The lowest BCUT2D eigenvalue weighted by atomic mass is 10.1. The minimum absolute atomic E-state index is 0.0679. The van der Waals surface area contributed by atoms with E-state index in [2.05, 4.69) is 5.32 Å². The summed E-state index contributed by atoms with van der Waals surface area (Å²) in [6, 6.07) is 16.2. The van der Waals surface area contributed by atoms with Crippen LogP contribution in [0.15, 0.2) is 77.7 Å². The van der Waals surface area contributed by atoms with E-state index in [1.165, 1.54) is 49.4 Å². The first kappa shape index (κ1) is 21.7. The molecule has 0 bridgehead atoms. The molecule has 0 unspecified atom stereocenters. The van der Waals surface area contributed by atoms with E-state index in [1.54, 1.807) is 24.3 Å². The highest BCUT2D eigenvalue weighted by Gasteiger charge is 2.20. The first-order chi connectivity index (χ1) is 14.7. The maximum absolute atomic E-state index is 12.4. The van der Waals surface area contributed by atoms with Crippen LogP contribution < -0.4 is 9.50 Å². The third-order valence-electron chi connectivity index (χ3n) is 4.17. The molecule has 0 aromatic heterocycles. The lowest BCUT2D eigenvalue weighted by molar-refractivity contribution is -0.385. The molecule has 0 saturated heterocycles. The summed E-state index contributed by atoms with van der Waals surface area (Å²) in [6.45, 7) is 1.42. The highest BCUT2D eigenvalue weighted by molar-refractivity contribution is 7.87. The minimum Gasteiger partial charge on any atom is -0.379 e. The molecule has 158 valence electrons. The first-order valence-electron chi connectivity index (χ1n) is 8.87. The highest BCUT2D eigenvalue weighted by atomic mass is 32.2. The molecular formula is C21H16N2O7S. The van der Waals surface area contributed by atoms with E-state index in [0.717, 1.165) is 6.07 Å². The van der Waals surface area contributed by atoms with Crippen molar-refractivity contribution in [1.82, 2.24) is 0 Å². The number of nitrogens with one attached hydrogen (secondary N) is 1. The Bertz CT molecular complexity index is 1270. The van der Waals surface area contributed by atoms with E-state index in [4.69, 9.17) is 4.18 Å². The molecule has 0 atom stereocenters. The fourth-order valence-electron chi connectivity index (χ4n) is 2.61. The number of rotatable bonds is 7. The van der Waals surface area contributed by atoms with Gasteiger partial charge < -0.3 is 9.50 Å². The van der Waals surface area contributed by atoms with Gasteiger partial charge in [-0.2, -0.15) is 8.42 Å². The van der Waals surface area contributed by atoms with E-state index in [1.807, 2.05) is 0 Å². The molecule has 3 rings (SSSR count). The van der Waals surface area contributed by atoms with E-state index in [0.29, 0.717) is 11.3 Å². The third kappa shape index (κ3) is 5.31. The molecule has 0 spiro atoms. The maximum atomic E-state index is 12.4. The molecule has 9 nitrogen and oxygen atoms in total. The Hall–Kier alpha value is -4.05. The fourth-order valence-corrected chi connectivity index (χ4v) is 3.58. The minimum atomic E-state index is -4.30. The Morgan fingerprint density at radius 3 is 2.26 bits per heavy atom. The van der Waals surface area contributed by atoms with Crippen molar-refractivity contribution >= 4 is 33.2 Å². The Morgan fingerprint density at radius 2 is 1.61 bits per heavy atom. The fraction of sp³-hybridized carbons (Fsp3) is 0.0476. The highest BCUT2D eigenvalue weighted by Crippen LogP contribution is 2.23. The Labute approximate surface area is 177 Å². The predicted molar refractivity (Wildman–Crippen MR) is 112 cm³/mol. The molecular weight excluding hydrogens is 424 g/mol. The summed E-state index contributed by atoms with van der Waals surface area (Å²) in [5.41, 5.74) is 0.734. The van der Waals surface area contributed by atoms with Crippen LogP contribution in [0.3, 0.4) is 0 Å². The number of nitrogens with zero attached hydrogens (tertiary/aromatic N) is 1. The molecule has 0 fully saturated rings. The van der Waals surface area contributed by atoms with Gasteiger partial charge in [0.2, 0.25) is 0 Å². The number of benzene rings is 3. The van der Waals surface area contributed by atoms with Gasteiger partial charge in [-0.15, -0.1) is 0 Å². The molecule has 31 heavy (non-hydrogen) atoms. The zero-order valence-electron chi connectivity index (χ0n) is 16.1. The Balaban J connectivity index is 1.73. The van der Waals surface area contributed by atoms with Gasteiger partial charge in [0.15, 0.2) is 5.78 Å². The topological polar surface area (TPSA) is 133 Å². The average Bonchev–Trinajstić information content (AvgIpc) is 2.74. The largest absolute Gasteiger partial charge is 0.379 e. The van der Waals surface area contributed by atoms with E-state index in [-0.39, 0.29) is 27.7 Å². The van der Waals surface area contributed by atoms with Crippen molar-refractivity contribution in [3.63, 3.8) is 0 Å². The molecule has 1 N–H and O–H groups in total. The van der Waals surface area contributed by atoms with Gasteiger partial charge in [0.1, 0.15) is 10.6 Å². The van der Waals surface area contributed by atoms with E-state index >= 15 is 0 Å². The lowest BCUT2D eigenvalue weighted by Gasteiger charge is -2.09. The number of hydrogen-bond acceptors (Lipinski definition) is 7. The zero-order valence-corrected chi connectivity index (χ0v) is 17.0. The van der Waals surface area contributed by atoms with Crippen molar-refractivity contribution in [2.75, 3.05) is 5.32 Å². The number of nitro benzene ring substituents is 1. The Morgan fingerprint density at radius 1 is 0.935 bits per heavy atom. The summed E-state index contributed by atoms with van der Waals surface area (Å²) in [4.78, 5) is 33.6. The number of carbonyl (C=O) groups is 2. The van der Waals surface area contributed by atoms with Crippen molar-refractivity contribution < 1.29 is 27.1 Å². The number of ketones is 1. The molecule has 0 radical (unpaired) electrons. The van der Waals surface area contributed by atoms with Gasteiger partial charge in [-0.1, -0.05) is 18.2 Å². The number of carbonyl (C=O) groups excluding carboxylic acids is 2. The summed E-state index contributed by atoms with van der Waals surface area (Å²) in [5.74, 6) is -0.669. The average molecular weight is 440 g/mol. The van der Waals surface area contributed by atoms with Crippen LogP contribution in [0, 0.1) is 10.1 Å². The molecule has 0 saturated carbocycles. The number of hydrogen-bond donors (Lipinski definition) is 1. The summed E-state index contributed by atoms with van der Waals surface area (Å²) in [6.07, 6.45) is 0. The molecule has 10 heteroatoms. The second-order valence-corrected chi connectivity index (χ2v) is 7.95. The van der Waals surface area contributed by atoms with Crippen LogP contribution in [-0.2, 0) is 10.1 Å². The predicted octanol–water partition coefficient (Wildman–Crippen LogP) is 3.82. The van der Waals surface area contributed by atoms with Crippen LogP contribution in [0.5, 0.6) is 5.75 Å². The molecule has 3 aromatic carbocycles. The van der Waals surface area contributed by atoms with Crippen LogP contribution >= 0.6 is 0 Å². The molecule has 0 aliphatic rings. The molecule has 1 amide bonds. The van der Waals surface area contributed by atoms with Gasteiger partial charge in [-0.3, -0.25) is 19.7 Å². The van der Waals surface area contributed by atoms with Crippen molar-refractivity contribution in [2.24, 2.45) is 0 Å². The first-order valence-corrected chi connectivity index (χ1v) is 10.3. The Kier molecular flexibility index (Phi) is 6.12. The van der Waals surface area contributed by atoms with Crippen molar-refractivity contribution in [2.45, 2.75) is 11.8 Å². The number of Topliss-reactive ketones (excluding diaryl/α,β-unsaturated/α-hetero) is 1. The van der Waals surface area contributed by atoms with Crippen LogP contribution in [0.1, 0.15) is 27.6 Å². The van der Waals surface area contributed by atoms with Crippen LogP contribution in [0.25, 0.3) is 0 Å². The van der Waals surface area contributed by atoms with Gasteiger partial charge in [-0.05, 0) is 49.4 Å². The second-order valence-electron chi connectivity index (χ2n) is 6.41. The van der Waals surface area contributed by atoms with Crippen LogP contribution in [-0.4, -0.2) is 25.0 Å². The third-order valence-corrected chi connectivity index (χ3v) is 5.41. The summed E-state index contributed by atoms with van der Waals surface area (Å²) in [7, 11) is -4.30. The quantitative estimate of drug-likeness (QED) is 0.256. The van der Waals surface area contributed by atoms with Gasteiger partial charge in [0.05, 0.1) is 4.92 Å². The SMILES string of the molecule is CC(=O)c1cccc(NC(=O)c2ccc(OS(=O)(=O)c3cccc([N+](=O)[O-])c3)cc2)c1. The maximum Gasteiger partial charge on any atom is 0.339 e. The number of amides is 1. The van der Waals surface area contributed by atoms with Gasteiger partial charge >= 0.3 is 10.1 Å². The van der Waals surface area contributed by atoms with Crippen molar-refractivity contribution in [3.05, 3.63) is 94.0 Å². The zero-order chi connectivity index (χ0) is 22.6. The van der Waals surface area contributed by atoms with Crippen molar-refractivity contribution in [3.8, 4) is 5.75 Å². The van der Waals surface area contributed by atoms with Crippen LogP contribution in [0.4, 0.5) is 11.4 Å². The molecule has 0 aliphatic carbocycles. The number of non-ortho nitro benzene ring substituents is 1. The molecule has 3 aromatic rings. The van der Waals surface area contributed by atoms with Gasteiger partial charge in [-0.25, -0.2) is 0 Å². The number of anilines is 1. The molecule has 0 heterocycles. The lowest BCUT2D eigenvalue weighted by Crippen LogP contribution is -2.13. The molecule has 0 aliphatic heterocycles. The van der Waals surface area contributed by atoms with E-state index < -0.39 is 20.9 Å². The second kappa shape index (κ2) is 8.76. The van der Waals surface area contributed by atoms with Crippen molar-refractivity contribution in [1.29, 1.82) is 0 Å². The summed E-state index contributed by atoms with van der Waals surface area (Å²) < 4.78 is 29.7. The monoisotopic (exact) mass is 440 g/mol. The standard InChI is InChI=1S/C21H16N2O7S/c1-14(24)16-4-2-5-17(12-16)22-21(25)15-8-10-19(11-9-15)30-31(28,29)20-7-3-6-18(13-20)23(26)27/h2-13H,1H3,(H,22,25). The summed E-state index contributed by atoms with van der Waals surface area (Å²) >= 11 is 0. The number of nitro groups is 1. The smallest absolute Gasteiger partial charge is 0.339 e. The summed E-state index contributed by atoms with van der Waals surface area (Å²) in [5, 5.41) is 13.5. The van der Waals surface area contributed by atoms with Gasteiger partial charge in [0, 0.05) is 28.9 Å². The van der Waals surface area contributed by atoms with E-state index in [9.17, 15) is 28.1 Å². The van der Waals surface area contributed by atoms with Gasteiger partial charge in [0.25, 0.3) is 11.6 Å².